The minimum absolute atomic E-state index is 0.272. The van der Waals surface area contributed by atoms with Crippen LogP contribution in [-0.2, 0) is 10.0 Å². The van der Waals surface area contributed by atoms with Crippen LogP contribution in [0.1, 0.15) is 28.8 Å². The standard InChI is InChI=1S/C22H20N2O2S/c1-17-12-14-20(15-13-17)27(25,26)24-16-23-21(18-8-4-2-5-9-18)22(24)19-10-6-3-7-11-19/h2-16,21-22H,1H3/t21-,22-/m0/s1. The van der Waals surface area contributed by atoms with Gasteiger partial charge in [-0.25, -0.2) is 12.7 Å². The third-order valence-electron chi connectivity index (χ3n) is 4.79. The Bertz CT molecular complexity index is 1050. The Labute approximate surface area is 159 Å². The van der Waals surface area contributed by atoms with Crippen LogP contribution < -0.4 is 0 Å². The normalized spacial score (nSPS) is 19.4. The lowest BCUT2D eigenvalue weighted by atomic mass is 9.95. The average Bonchev–Trinajstić information content (AvgIpc) is 3.16. The van der Waals surface area contributed by atoms with E-state index in [1.165, 1.54) is 10.6 Å². The Morgan fingerprint density at radius 2 is 1.33 bits per heavy atom. The van der Waals surface area contributed by atoms with Gasteiger partial charge in [-0.3, -0.25) is 4.99 Å². The molecule has 0 aromatic heterocycles. The third-order valence-corrected chi connectivity index (χ3v) is 6.54. The summed E-state index contributed by atoms with van der Waals surface area (Å²) in [7, 11) is -3.71. The van der Waals surface area contributed by atoms with Gasteiger partial charge in [-0.05, 0) is 30.2 Å². The lowest BCUT2D eigenvalue weighted by molar-refractivity contribution is 0.423. The molecule has 0 radical (unpaired) electrons. The number of hydrogen-bond acceptors (Lipinski definition) is 3. The van der Waals surface area contributed by atoms with Gasteiger partial charge >= 0.3 is 0 Å². The molecule has 1 aliphatic rings. The number of hydrogen-bond donors (Lipinski definition) is 0. The van der Waals surface area contributed by atoms with E-state index in [4.69, 9.17) is 0 Å². The maximum Gasteiger partial charge on any atom is 0.265 e. The van der Waals surface area contributed by atoms with E-state index in [9.17, 15) is 8.42 Å². The third kappa shape index (κ3) is 3.26. The molecule has 27 heavy (non-hydrogen) atoms. The zero-order valence-corrected chi connectivity index (χ0v) is 15.8. The molecule has 136 valence electrons. The Kier molecular flexibility index (Phi) is 4.54. The highest BCUT2D eigenvalue weighted by atomic mass is 32.2. The number of aliphatic imine (C=N–C) groups is 1. The lowest BCUT2D eigenvalue weighted by Crippen LogP contribution is -2.32. The molecule has 3 aromatic carbocycles. The van der Waals surface area contributed by atoms with Crippen molar-refractivity contribution in [1.29, 1.82) is 0 Å². The fourth-order valence-electron chi connectivity index (χ4n) is 3.37. The van der Waals surface area contributed by atoms with E-state index in [0.29, 0.717) is 0 Å². The summed E-state index contributed by atoms with van der Waals surface area (Å²) in [6.45, 7) is 1.94. The maximum atomic E-state index is 13.3. The first-order valence-corrected chi connectivity index (χ1v) is 10.2. The molecule has 0 aliphatic carbocycles. The van der Waals surface area contributed by atoms with Gasteiger partial charge in [-0.15, -0.1) is 0 Å². The molecule has 0 N–H and O–H groups in total. The molecule has 0 unspecified atom stereocenters. The van der Waals surface area contributed by atoms with Gasteiger partial charge in [0, 0.05) is 0 Å². The summed E-state index contributed by atoms with van der Waals surface area (Å²) in [5, 5.41) is 0. The summed E-state index contributed by atoms with van der Waals surface area (Å²) < 4.78 is 28.1. The monoisotopic (exact) mass is 376 g/mol. The van der Waals surface area contributed by atoms with Gasteiger partial charge in [0.25, 0.3) is 10.0 Å². The molecule has 4 nitrogen and oxygen atoms in total. The van der Waals surface area contributed by atoms with Crippen LogP contribution in [0.25, 0.3) is 0 Å². The Balaban J connectivity index is 1.80. The second-order valence-electron chi connectivity index (χ2n) is 6.62. The van der Waals surface area contributed by atoms with Crippen molar-refractivity contribution in [3.05, 3.63) is 102 Å². The van der Waals surface area contributed by atoms with Crippen molar-refractivity contribution in [2.75, 3.05) is 0 Å². The van der Waals surface area contributed by atoms with Crippen LogP contribution in [0, 0.1) is 6.92 Å². The number of rotatable bonds is 4. The van der Waals surface area contributed by atoms with E-state index >= 15 is 0 Å². The van der Waals surface area contributed by atoms with Gasteiger partial charge in [-0.1, -0.05) is 78.4 Å². The minimum Gasteiger partial charge on any atom is -0.264 e. The summed E-state index contributed by atoms with van der Waals surface area (Å²) in [5.74, 6) is 0. The summed E-state index contributed by atoms with van der Waals surface area (Å²) >= 11 is 0. The molecular formula is C22H20N2O2S. The molecule has 4 rings (SSSR count). The summed E-state index contributed by atoms with van der Waals surface area (Å²) in [6.07, 6.45) is 1.46. The lowest BCUT2D eigenvalue weighted by Gasteiger charge is -2.28. The highest BCUT2D eigenvalue weighted by Crippen LogP contribution is 2.42. The fourth-order valence-corrected chi connectivity index (χ4v) is 4.81. The van der Waals surface area contributed by atoms with Crippen molar-refractivity contribution < 1.29 is 8.42 Å². The van der Waals surface area contributed by atoms with Crippen LogP contribution in [0.5, 0.6) is 0 Å². The van der Waals surface area contributed by atoms with Gasteiger partial charge in [0.1, 0.15) is 12.4 Å². The van der Waals surface area contributed by atoms with Crippen molar-refractivity contribution in [3.63, 3.8) is 0 Å². The molecule has 1 aliphatic heterocycles. The van der Waals surface area contributed by atoms with Gasteiger partial charge in [0.15, 0.2) is 0 Å². The van der Waals surface area contributed by atoms with Gasteiger partial charge in [-0.2, -0.15) is 0 Å². The summed E-state index contributed by atoms with van der Waals surface area (Å²) in [5.41, 5.74) is 2.93. The first-order valence-electron chi connectivity index (χ1n) is 8.81. The Morgan fingerprint density at radius 3 is 1.93 bits per heavy atom. The van der Waals surface area contributed by atoms with Gasteiger partial charge < -0.3 is 0 Å². The SMILES string of the molecule is Cc1ccc(S(=O)(=O)N2C=N[C@@H](c3ccccc3)[C@@H]2c2ccccc2)cc1. The number of aryl methyl sites for hydroxylation is 1. The van der Waals surface area contributed by atoms with E-state index in [-0.39, 0.29) is 10.9 Å². The highest BCUT2D eigenvalue weighted by molar-refractivity contribution is 7.89. The van der Waals surface area contributed by atoms with E-state index in [0.717, 1.165) is 16.7 Å². The molecule has 5 heteroatoms. The molecule has 2 atom stereocenters. The number of nitrogens with zero attached hydrogens (tertiary/aromatic N) is 2. The first kappa shape index (κ1) is 17.5. The summed E-state index contributed by atoms with van der Waals surface area (Å²) in [4.78, 5) is 4.85. The van der Waals surface area contributed by atoms with E-state index < -0.39 is 16.1 Å². The predicted molar refractivity (Wildman–Crippen MR) is 107 cm³/mol. The molecule has 0 saturated carbocycles. The van der Waals surface area contributed by atoms with Crippen LogP contribution in [0.3, 0.4) is 0 Å². The molecule has 0 spiro atoms. The number of benzene rings is 3. The molecule has 0 amide bonds. The quantitative estimate of drug-likeness (QED) is 0.673. The molecular weight excluding hydrogens is 356 g/mol. The molecule has 3 aromatic rings. The van der Waals surface area contributed by atoms with E-state index in [1.54, 1.807) is 12.1 Å². The second-order valence-corrected chi connectivity index (χ2v) is 8.47. The molecule has 0 bridgehead atoms. The van der Waals surface area contributed by atoms with Crippen LogP contribution in [0.4, 0.5) is 0 Å². The smallest absolute Gasteiger partial charge is 0.264 e. The summed E-state index contributed by atoms with van der Waals surface area (Å²) in [6, 6.07) is 25.7. The average molecular weight is 376 g/mol. The van der Waals surface area contributed by atoms with Crippen LogP contribution in [0.15, 0.2) is 94.8 Å². The van der Waals surface area contributed by atoms with Crippen molar-refractivity contribution >= 4 is 16.4 Å². The van der Waals surface area contributed by atoms with E-state index in [2.05, 4.69) is 4.99 Å². The van der Waals surface area contributed by atoms with Crippen LogP contribution >= 0.6 is 0 Å². The zero-order chi connectivity index (χ0) is 18.9. The van der Waals surface area contributed by atoms with Gasteiger partial charge in [0.2, 0.25) is 0 Å². The van der Waals surface area contributed by atoms with Gasteiger partial charge in [0.05, 0.1) is 10.9 Å². The Morgan fingerprint density at radius 1 is 0.778 bits per heavy atom. The van der Waals surface area contributed by atoms with Crippen molar-refractivity contribution in [2.45, 2.75) is 23.9 Å². The molecule has 0 saturated heterocycles. The largest absolute Gasteiger partial charge is 0.265 e. The van der Waals surface area contributed by atoms with Crippen LogP contribution in [-0.4, -0.2) is 19.1 Å². The topological polar surface area (TPSA) is 49.7 Å². The predicted octanol–water partition coefficient (Wildman–Crippen LogP) is 4.51. The van der Waals surface area contributed by atoms with Crippen molar-refractivity contribution in [1.82, 2.24) is 4.31 Å². The van der Waals surface area contributed by atoms with Crippen LogP contribution in [0.2, 0.25) is 0 Å². The molecule has 0 fully saturated rings. The van der Waals surface area contributed by atoms with Crippen molar-refractivity contribution in [3.8, 4) is 0 Å². The maximum absolute atomic E-state index is 13.3. The molecule has 1 heterocycles. The number of sulfonamides is 1. The van der Waals surface area contributed by atoms with Crippen molar-refractivity contribution in [2.24, 2.45) is 4.99 Å². The van der Waals surface area contributed by atoms with E-state index in [1.807, 2.05) is 79.7 Å². The second kappa shape index (κ2) is 7.00. The minimum atomic E-state index is -3.71. The fraction of sp³-hybridized carbons (Fsp3) is 0.136. The first-order chi connectivity index (χ1) is 13.1. The Hall–Kier alpha value is -2.92. The highest BCUT2D eigenvalue weighted by Gasteiger charge is 2.40. The zero-order valence-electron chi connectivity index (χ0n) is 14.9.